The number of carbonyl (C=O) groups excluding carboxylic acids is 1. The molecule has 210 valence electrons. The van der Waals surface area contributed by atoms with Crippen LogP contribution in [0.1, 0.15) is 43.4 Å². The summed E-state index contributed by atoms with van der Waals surface area (Å²) in [5.41, 5.74) is 1.92. The third kappa shape index (κ3) is 7.48. The van der Waals surface area contributed by atoms with Gasteiger partial charge in [0.15, 0.2) is 0 Å². The van der Waals surface area contributed by atoms with Gasteiger partial charge in [0.25, 0.3) is 0 Å². The Morgan fingerprint density at radius 3 is 2.46 bits per heavy atom. The molecular weight excluding hydrogens is 541 g/mol. The average molecular weight is 576 g/mol. The third-order valence-corrected chi connectivity index (χ3v) is 9.43. The van der Waals surface area contributed by atoms with Crippen molar-refractivity contribution in [3.8, 4) is 0 Å². The number of aromatic nitrogens is 1. The van der Waals surface area contributed by atoms with E-state index < -0.39 is 15.8 Å². The number of hydrogen-bond donors (Lipinski definition) is 0. The van der Waals surface area contributed by atoms with Crippen LogP contribution in [0.2, 0.25) is 5.02 Å². The molecule has 1 aliphatic carbocycles. The van der Waals surface area contributed by atoms with Crippen LogP contribution in [0.15, 0.2) is 71.8 Å². The highest BCUT2D eigenvalue weighted by Gasteiger charge is 2.32. The number of rotatable bonds is 12. The van der Waals surface area contributed by atoms with Gasteiger partial charge in [-0.1, -0.05) is 49.1 Å². The highest BCUT2D eigenvalue weighted by molar-refractivity contribution is 7.89. The Balaban J connectivity index is 1.59. The number of ether oxygens (including phenoxy) is 1. The van der Waals surface area contributed by atoms with Crippen molar-refractivity contribution in [1.29, 1.82) is 0 Å². The summed E-state index contributed by atoms with van der Waals surface area (Å²) in [6, 6.07) is 16.3. The molecule has 0 spiro atoms. The van der Waals surface area contributed by atoms with Gasteiger partial charge in [0.1, 0.15) is 5.82 Å². The molecule has 0 radical (unpaired) electrons. The normalized spacial score (nSPS) is 14.6. The predicted octanol–water partition coefficient (Wildman–Crippen LogP) is 5.33. The second-order valence-electron chi connectivity index (χ2n) is 9.82. The first-order valence-corrected chi connectivity index (χ1v) is 15.0. The van der Waals surface area contributed by atoms with Gasteiger partial charge in [-0.05, 0) is 60.9 Å². The summed E-state index contributed by atoms with van der Waals surface area (Å²) in [6.07, 6.45) is 6.89. The molecular formula is C29H35ClFN3O4S. The summed E-state index contributed by atoms with van der Waals surface area (Å²) in [5.74, 6) is -0.800. The van der Waals surface area contributed by atoms with Gasteiger partial charge in [-0.15, -0.1) is 0 Å². The molecule has 1 fully saturated rings. The van der Waals surface area contributed by atoms with E-state index in [1.54, 1.807) is 0 Å². The molecule has 39 heavy (non-hydrogen) atoms. The molecule has 0 unspecified atom stereocenters. The van der Waals surface area contributed by atoms with E-state index in [4.69, 9.17) is 16.3 Å². The molecule has 1 aromatic heterocycles. The number of halogens is 2. The maximum Gasteiger partial charge on any atom is 0.243 e. The maximum absolute atomic E-state index is 13.9. The monoisotopic (exact) mass is 575 g/mol. The molecule has 4 rings (SSSR count). The van der Waals surface area contributed by atoms with Gasteiger partial charge < -0.3 is 14.2 Å². The van der Waals surface area contributed by atoms with E-state index in [1.807, 2.05) is 47.5 Å². The number of sulfonamides is 1. The van der Waals surface area contributed by atoms with E-state index in [0.29, 0.717) is 18.1 Å². The lowest BCUT2D eigenvalue weighted by Crippen LogP contribution is -2.48. The molecule has 1 heterocycles. The highest BCUT2D eigenvalue weighted by Crippen LogP contribution is 2.26. The number of nitrogens with zero attached hydrogens (tertiary/aromatic N) is 3. The molecule has 10 heteroatoms. The van der Waals surface area contributed by atoms with Crippen LogP contribution < -0.4 is 0 Å². The van der Waals surface area contributed by atoms with Crippen molar-refractivity contribution in [1.82, 2.24) is 13.8 Å². The first-order valence-electron chi connectivity index (χ1n) is 13.2. The molecule has 2 aromatic carbocycles. The van der Waals surface area contributed by atoms with Crippen LogP contribution in [0, 0.1) is 5.82 Å². The fourth-order valence-corrected chi connectivity index (χ4v) is 6.59. The van der Waals surface area contributed by atoms with E-state index in [-0.39, 0.29) is 36.5 Å². The fourth-order valence-electron chi connectivity index (χ4n) is 5.02. The van der Waals surface area contributed by atoms with Crippen LogP contribution in [0.4, 0.5) is 4.39 Å². The Hall–Kier alpha value is -2.72. The van der Waals surface area contributed by atoms with Crippen molar-refractivity contribution < 1.29 is 22.3 Å². The molecule has 0 N–H and O–H groups in total. The van der Waals surface area contributed by atoms with Crippen LogP contribution in [-0.2, 0) is 32.6 Å². The molecule has 3 aromatic rings. The van der Waals surface area contributed by atoms with Gasteiger partial charge in [0, 0.05) is 43.2 Å². The average Bonchev–Trinajstić information content (AvgIpc) is 3.38. The van der Waals surface area contributed by atoms with Gasteiger partial charge in [-0.25, -0.2) is 12.8 Å². The summed E-state index contributed by atoms with van der Waals surface area (Å²) in [6.45, 7) is 0.717. The highest BCUT2D eigenvalue weighted by atomic mass is 35.5. The summed E-state index contributed by atoms with van der Waals surface area (Å²) in [5, 5.41) is 0.678. The van der Waals surface area contributed by atoms with Gasteiger partial charge in [0.05, 0.1) is 24.6 Å². The van der Waals surface area contributed by atoms with Crippen molar-refractivity contribution >= 4 is 27.5 Å². The Kier molecular flexibility index (Phi) is 10.2. The fraction of sp³-hybridized carbons (Fsp3) is 0.414. The SMILES string of the molecule is COCCN(CC(=O)N(Cc1cccn1Cc1ccccc1Cl)C1CCCCC1)S(=O)(=O)c1ccc(F)cc1. The van der Waals surface area contributed by atoms with Gasteiger partial charge in [-0.2, -0.15) is 4.31 Å². The van der Waals surface area contributed by atoms with Gasteiger partial charge >= 0.3 is 0 Å². The summed E-state index contributed by atoms with van der Waals surface area (Å²) in [7, 11) is -2.57. The van der Waals surface area contributed by atoms with Crippen LogP contribution in [-0.4, -0.2) is 60.9 Å². The summed E-state index contributed by atoms with van der Waals surface area (Å²) < 4.78 is 48.7. The topological polar surface area (TPSA) is 71.8 Å². The molecule has 0 bridgehead atoms. The number of hydrogen-bond acceptors (Lipinski definition) is 4. The van der Waals surface area contributed by atoms with Crippen molar-refractivity contribution in [2.75, 3.05) is 26.8 Å². The quantitative estimate of drug-likeness (QED) is 0.293. The zero-order valence-corrected chi connectivity index (χ0v) is 23.7. The number of amides is 1. The molecule has 1 aliphatic rings. The van der Waals surface area contributed by atoms with Crippen molar-refractivity contribution in [3.63, 3.8) is 0 Å². The minimum absolute atomic E-state index is 0.00331. The van der Waals surface area contributed by atoms with E-state index in [2.05, 4.69) is 4.57 Å². The second-order valence-corrected chi connectivity index (χ2v) is 12.2. The predicted molar refractivity (Wildman–Crippen MR) is 149 cm³/mol. The standard InChI is InChI=1S/C29H35ClFN3O4S/c1-38-19-18-33(39(36,37)27-15-13-24(31)14-16-27)22-29(35)34(25-9-3-2-4-10-25)21-26-11-7-17-32(26)20-23-8-5-6-12-28(23)30/h5-8,11-17,25H,2-4,9-10,18-22H2,1H3. The molecule has 0 saturated heterocycles. The Morgan fingerprint density at radius 2 is 1.77 bits per heavy atom. The van der Waals surface area contributed by atoms with Crippen molar-refractivity contribution in [2.24, 2.45) is 0 Å². The van der Waals surface area contributed by atoms with Gasteiger partial charge in [-0.3, -0.25) is 4.79 Å². The molecule has 7 nitrogen and oxygen atoms in total. The minimum Gasteiger partial charge on any atom is -0.383 e. The number of carbonyl (C=O) groups is 1. The summed E-state index contributed by atoms with van der Waals surface area (Å²) >= 11 is 6.40. The van der Waals surface area contributed by atoms with E-state index in [9.17, 15) is 17.6 Å². The van der Waals surface area contributed by atoms with Crippen LogP contribution >= 0.6 is 11.6 Å². The van der Waals surface area contributed by atoms with E-state index >= 15 is 0 Å². The first-order chi connectivity index (χ1) is 18.8. The van der Waals surface area contributed by atoms with E-state index in [0.717, 1.165) is 59.8 Å². The van der Waals surface area contributed by atoms with Crippen LogP contribution in [0.3, 0.4) is 0 Å². The largest absolute Gasteiger partial charge is 0.383 e. The van der Waals surface area contributed by atoms with Crippen molar-refractivity contribution in [2.45, 2.75) is 56.1 Å². The maximum atomic E-state index is 13.9. The van der Waals surface area contributed by atoms with Crippen LogP contribution in [0.25, 0.3) is 0 Å². The van der Waals surface area contributed by atoms with Crippen LogP contribution in [0.5, 0.6) is 0 Å². The van der Waals surface area contributed by atoms with E-state index in [1.165, 1.54) is 19.2 Å². The Labute approximate surface area is 235 Å². The lowest BCUT2D eigenvalue weighted by atomic mass is 9.94. The number of benzene rings is 2. The zero-order valence-electron chi connectivity index (χ0n) is 22.1. The zero-order chi connectivity index (χ0) is 27.8. The smallest absolute Gasteiger partial charge is 0.243 e. The lowest BCUT2D eigenvalue weighted by molar-refractivity contribution is -0.135. The van der Waals surface area contributed by atoms with Gasteiger partial charge in [0.2, 0.25) is 15.9 Å². The first kappa shape index (κ1) is 29.3. The third-order valence-electron chi connectivity index (χ3n) is 7.20. The molecule has 1 amide bonds. The molecule has 0 atom stereocenters. The molecule has 1 saturated carbocycles. The lowest BCUT2D eigenvalue weighted by Gasteiger charge is -2.36. The number of methoxy groups -OCH3 is 1. The minimum atomic E-state index is -4.05. The van der Waals surface area contributed by atoms with Crippen molar-refractivity contribution in [3.05, 3.63) is 89.0 Å². The second kappa shape index (κ2) is 13.6. The Bertz CT molecular complexity index is 1340. The summed E-state index contributed by atoms with van der Waals surface area (Å²) in [4.78, 5) is 15.7. The molecule has 0 aliphatic heterocycles. The Morgan fingerprint density at radius 1 is 1.05 bits per heavy atom.